The van der Waals surface area contributed by atoms with Gasteiger partial charge in [0.2, 0.25) is 5.91 Å². The number of sulfone groups is 1. The molecule has 5 nitrogen and oxygen atoms in total. The Morgan fingerprint density at radius 2 is 1.62 bits per heavy atom. The van der Waals surface area contributed by atoms with Crippen molar-refractivity contribution in [3.05, 3.63) is 29.8 Å². The number of carbonyl (C=O) groups excluding carboxylic acids is 1. The first-order chi connectivity index (χ1) is 16.5. The highest BCUT2D eigenvalue weighted by molar-refractivity contribution is 8.00. The number of thioether (sulfide) groups is 1. The van der Waals surface area contributed by atoms with Crippen molar-refractivity contribution >= 4 is 27.5 Å². The zero-order chi connectivity index (χ0) is 23.5. The number of nitrogens with one attached hydrogen (secondary N) is 2. The molecular weight excluding hydrogens is 464 g/mol. The average Bonchev–Trinajstić information content (AvgIpc) is 3.36. The van der Waals surface area contributed by atoms with E-state index < -0.39 is 9.84 Å². The first kappa shape index (κ1) is 24.6. The van der Waals surface area contributed by atoms with Gasteiger partial charge in [0.1, 0.15) is 0 Å². The molecule has 1 amide bonds. The number of amides is 1. The Hall–Kier alpha value is -1.05. The Bertz CT molecular complexity index is 935. The van der Waals surface area contributed by atoms with Crippen LogP contribution in [0.1, 0.15) is 82.6 Å². The molecule has 0 spiro atoms. The third kappa shape index (κ3) is 5.52. The fourth-order valence-corrected chi connectivity index (χ4v) is 10.00. The standard InChI is InChI=1S/C27H40N2O3S2/c30-27(22-10-15-25-26(16-22)33-18-29-25)28-17-19-6-11-23(12-7-19)34(31,32)24-13-8-21(9-14-24)20-4-2-1-3-5-20/h6-7,11-12,20-22,24-26,29H,1-5,8-10,13-18H2,(H,28,30). The number of fused-ring (bicyclic) bond motifs is 1. The molecular formula is C27H40N2O3S2. The zero-order valence-corrected chi connectivity index (χ0v) is 21.8. The molecule has 1 aromatic carbocycles. The average molecular weight is 505 g/mol. The van der Waals surface area contributed by atoms with Crippen molar-refractivity contribution in [2.24, 2.45) is 17.8 Å². The fraction of sp³-hybridized carbons (Fsp3) is 0.741. The maximum absolute atomic E-state index is 13.3. The van der Waals surface area contributed by atoms with Crippen molar-refractivity contribution in [1.29, 1.82) is 0 Å². The van der Waals surface area contributed by atoms with E-state index in [9.17, 15) is 13.2 Å². The minimum absolute atomic E-state index is 0.0945. The lowest BCUT2D eigenvalue weighted by Crippen LogP contribution is -2.41. The Morgan fingerprint density at radius 1 is 0.912 bits per heavy atom. The van der Waals surface area contributed by atoms with Crippen molar-refractivity contribution in [1.82, 2.24) is 10.6 Å². The summed E-state index contributed by atoms with van der Waals surface area (Å²) in [5, 5.41) is 6.93. The molecule has 0 aromatic heterocycles. The van der Waals surface area contributed by atoms with Crippen LogP contribution < -0.4 is 10.6 Å². The number of benzene rings is 1. The summed E-state index contributed by atoms with van der Waals surface area (Å²) in [6.07, 6.45) is 13.5. The van der Waals surface area contributed by atoms with Crippen LogP contribution in [0.4, 0.5) is 0 Å². The van der Waals surface area contributed by atoms with Gasteiger partial charge in [-0.2, -0.15) is 0 Å². The van der Waals surface area contributed by atoms with Crippen LogP contribution in [0.15, 0.2) is 29.2 Å². The van der Waals surface area contributed by atoms with Gasteiger partial charge in [-0.1, -0.05) is 44.2 Å². The van der Waals surface area contributed by atoms with E-state index in [4.69, 9.17) is 0 Å². The van der Waals surface area contributed by atoms with Crippen LogP contribution in [0.25, 0.3) is 0 Å². The van der Waals surface area contributed by atoms with E-state index in [1.165, 1.54) is 32.1 Å². The highest BCUT2D eigenvalue weighted by Crippen LogP contribution is 2.41. The molecule has 1 aromatic rings. The first-order valence-electron chi connectivity index (χ1n) is 13.5. The van der Waals surface area contributed by atoms with Gasteiger partial charge >= 0.3 is 0 Å². The highest BCUT2D eigenvalue weighted by atomic mass is 32.2. The molecule has 1 heterocycles. The predicted molar refractivity (Wildman–Crippen MR) is 138 cm³/mol. The summed E-state index contributed by atoms with van der Waals surface area (Å²) in [6.45, 7) is 0.460. The number of hydrogen-bond donors (Lipinski definition) is 2. The summed E-state index contributed by atoms with van der Waals surface area (Å²) in [7, 11) is -3.29. The maximum atomic E-state index is 13.3. The molecule has 4 fully saturated rings. The van der Waals surface area contributed by atoms with Crippen LogP contribution in [0.3, 0.4) is 0 Å². The minimum Gasteiger partial charge on any atom is -0.352 e. The number of carbonyl (C=O) groups is 1. The maximum Gasteiger partial charge on any atom is 0.223 e. The molecule has 3 saturated carbocycles. The lowest BCUT2D eigenvalue weighted by atomic mass is 9.73. The van der Waals surface area contributed by atoms with E-state index in [1.807, 2.05) is 23.9 Å². The molecule has 0 bridgehead atoms. The molecule has 1 saturated heterocycles. The van der Waals surface area contributed by atoms with Gasteiger partial charge in [-0.3, -0.25) is 4.79 Å². The second-order valence-electron chi connectivity index (χ2n) is 11.0. The summed E-state index contributed by atoms with van der Waals surface area (Å²) >= 11 is 1.94. The smallest absolute Gasteiger partial charge is 0.223 e. The fourth-order valence-electron chi connectivity index (χ4n) is 6.85. The molecule has 0 radical (unpaired) electrons. The molecule has 3 atom stereocenters. The Balaban J connectivity index is 1.11. The second kappa shape index (κ2) is 10.9. The quantitative estimate of drug-likeness (QED) is 0.567. The van der Waals surface area contributed by atoms with Gasteiger partial charge in [0.15, 0.2) is 9.84 Å². The predicted octanol–water partition coefficient (Wildman–Crippen LogP) is 5.05. The van der Waals surface area contributed by atoms with E-state index in [0.29, 0.717) is 22.7 Å². The van der Waals surface area contributed by atoms with Crippen molar-refractivity contribution in [2.45, 2.75) is 105 Å². The highest BCUT2D eigenvalue weighted by Gasteiger charge is 2.37. The summed E-state index contributed by atoms with van der Waals surface area (Å²) in [6, 6.07) is 7.81. The SMILES string of the molecule is O=C(NCc1ccc(S(=O)(=O)C2CCC(C3CCCCC3)CC2)cc1)C1CCC2NCSC2C1. The van der Waals surface area contributed by atoms with Gasteiger partial charge in [0.25, 0.3) is 0 Å². The number of hydrogen-bond acceptors (Lipinski definition) is 5. The van der Waals surface area contributed by atoms with Crippen molar-refractivity contribution < 1.29 is 13.2 Å². The molecule has 5 rings (SSSR count). The van der Waals surface area contributed by atoms with Gasteiger partial charge in [-0.05, 0) is 74.5 Å². The van der Waals surface area contributed by atoms with Gasteiger partial charge < -0.3 is 10.6 Å². The lowest BCUT2D eigenvalue weighted by Gasteiger charge is -2.35. The second-order valence-corrected chi connectivity index (χ2v) is 14.5. The monoisotopic (exact) mass is 504 g/mol. The molecule has 3 aliphatic carbocycles. The van der Waals surface area contributed by atoms with Crippen LogP contribution in [-0.4, -0.2) is 36.7 Å². The third-order valence-electron chi connectivity index (χ3n) is 9.00. The topological polar surface area (TPSA) is 75.3 Å². The number of rotatable bonds is 6. The normalized spacial score (nSPS) is 32.8. The molecule has 34 heavy (non-hydrogen) atoms. The Morgan fingerprint density at radius 3 is 2.35 bits per heavy atom. The summed E-state index contributed by atoms with van der Waals surface area (Å²) in [4.78, 5) is 13.1. The van der Waals surface area contributed by atoms with Crippen LogP contribution in [0.2, 0.25) is 0 Å². The van der Waals surface area contributed by atoms with E-state index in [1.54, 1.807) is 12.1 Å². The van der Waals surface area contributed by atoms with Gasteiger partial charge in [-0.15, -0.1) is 11.8 Å². The van der Waals surface area contributed by atoms with Crippen LogP contribution in [-0.2, 0) is 21.2 Å². The van der Waals surface area contributed by atoms with E-state index in [0.717, 1.165) is 68.2 Å². The van der Waals surface area contributed by atoms with Gasteiger partial charge in [-0.25, -0.2) is 8.42 Å². The minimum atomic E-state index is -3.29. The Kier molecular flexibility index (Phi) is 7.91. The molecule has 1 aliphatic heterocycles. The van der Waals surface area contributed by atoms with Crippen molar-refractivity contribution in [2.75, 3.05) is 5.88 Å². The van der Waals surface area contributed by atoms with Crippen molar-refractivity contribution in [3.8, 4) is 0 Å². The molecule has 3 unspecified atom stereocenters. The van der Waals surface area contributed by atoms with Gasteiger partial charge in [0.05, 0.1) is 10.1 Å². The third-order valence-corrected chi connectivity index (χ3v) is 12.6. The summed E-state index contributed by atoms with van der Waals surface area (Å²) in [5.74, 6) is 2.79. The lowest BCUT2D eigenvalue weighted by molar-refractivity contribution is -0.126. The first-order valence-corrected chi connectivity index (χ1v) is 16.1. The largest absolute Gasteiger partial charge is 0.352 e. The van der Waals surface area contributed by atoms with Crippen molar-refractivity contribution in [3.63, 3.8) is 0 Å². The van der Waals surface area contributed by atoms with E-state index >= 15 is 0 Å². The van der Waals surface area contributed by atoms with E-state index in [2.05, 4.69) is 10.6 Å². The molecule has 7 heteroatoms. The zero-order valence-electron chi connectivity index (χ0n) is 20.2. The molecule has 188 valence electrons. The molecule has 4 aliphatic rings. The van der Waals surface area contributed by atoms with Crippen LogP contribution >= 0.6 is 11.8 Å². The van der Waals surface area contributed by atoms with Crippen LogP contribution in [0.5, 0.6) is 0 Å². The summed E-state index contributed by atoms with van der Waals surface area (Å²) in [5.41, 5.74) is 0.957. The van der Waals surface area contributed by atoms with Gasteiger partial charge in [0, 0.05) is 29.6 Å². The van der Waals surface area contributed by atoms with Crippen LogP contribution in [0, 0.1) is 17.8 Å². The summed E-state index contributed by atoms with van der Waals surface area (Å²) < 4.78 is 26.5. The molecule has 2 N–H and O–H groups in total. The Labute approximate surface area is 209 Å². The van der Waals surface area contributed by atoms with E-state index in [-0.39, 0.29) is 17.1 Å².